The van der Waals surface area contributed by atoms with Gasteiger partial charge >= 0.3 is 0 Å². The van der Waals surface area contributed by atoms with Crippen molar-refractivity contribution in [1.29, 1.82) is 0 Å². The van der Waals surface area contributed by atoms with Crippen LogP contribution in [0.2, 0.25) is 5.02 Å². The van der Waals surface area contributed by atoms with E-state index in [4.69, 9.17) is 20.9 Å². The Balaban J connectivity index is 1.68. The summed E-state index contributed by atoms with van der Waals surface area (Å²) in [5, 5.41) is 4.10. The molecule has 0 bridgehead atoms. The van der Waals surface area contributed by atoms with Crippen molar-refractivity contribution >= 4 is 23.2 Å². The van der Waals surface area contributed by atoms with Gasteiger partial charge in [-0.2, -0.15) is 4.98 Å². The maximum Gasteiger partial charge on any atom is 0.253 e. The van der Waals surface area contributed by atoms with E-state index in [9.17, 15) is 9.18 Å². The fourth-order valence-electron chi connectivity index (χ4n) is 2.59. The molecule has 0 atom stereocenters. The molecule has 0 spiro atoms. The minimum atomic E-state index is -0.454. The van der Waals surface area contributed by atoms with E-state index in [2.05, 4.69) is 10.1 Å². The summed E-state index contributed by atoms with van der Waals surface area (Å²) >= 11 is 6.11. The van der Waals surface area contributed by atoms with Gasteiger partial charge in [-0.3, -0.25) is 4.79 Å². The number of aromatic nitrogens is 2. The molecule has 1 aliphatic heterocycles. The minimum absolute atomic E-state index is 0.0330. The molecule has 8 heteroatoms. The molecule has 2 aromatic rings. The second-order valence-electron chi connectivity index (χ2n) is 5.23. The van der Waals surface area contributed by atoms with Crippen LogP contribution in [0.25, 0.3) is 0 Å². The zero-order valence-electron chi connectivity index (χ0n) is 12.5. The first-order valence-corrected chi connectivity index (χ1v) is 7.58. The van der Waals surface area contributed by atoms with E-state index in [1.807, 2.05) is 0 Å². The maximum atomic E-state index is 14.1. The van der Waals surface area contributed by atoms with Crippen molar-refractivity contribution in [3.05, 3.63) is 40.3 Å². The van der Waals surface area contributed by atoms with Crippen LogP contribution in [0, 0.1) is 12.7 Å². The second kappa shape index (κ2) is 6.64. The van der Waals surface area contributed by atoms with Gasteiger partial charge in [-0.1, -0.05) is 16.8 Å². The molecule has 0 saturated heterocycles. The van der Waals surface area contributed by atoms with Gasteiger partial charge in [-0.05, 0) is 37.5 Å². The van der Waals surface area contributed by atoms with Gasteiger partial charge < -0.3 is 14.2 Å². The normalized spacial score (nSPS) is 14.0. The standard InChI is InChI=1S/C15H15ClFN3O3/c1-9-18-13(23-19-9)7-22-8-14(21)20-6-2-3-10-11(16)4-5-12(17)15(10)20/h4-5H,2-3,6-8H2,1H3. The highest BCUT2D eigenvalue weighted by Gasteiger charge is 2.27. The largest absolute Gasteiger partial charge is 0.362 e. The Kier molecular flexibility index (Phi) is 4.58. The number of benzene rings is 1. The highest BCUT2D eigenvalue weighted by Crippen LogP contribution is 2.35. The van der Waals surface area contributed by atoms with E-state index in [0.717, 1.165) is 6.42 Å². The number of anilines is 1. The van der Waals surface area contributed by atoms with Crippen molar-refractivity contribution < 1.29 is 18.4 Å². The Morgan fingerprint density at radius 2 is 2.35 bits per heavy atom. The van der Waals surface area contributed by atoms with E-state index < -0.39 is 5.82 Å². The van der Waals surface area contributed by atoms with Crippen LogP contribution in [-0.2, 0) is 22.6 Å². The van der Waals surface area contributed by atoms with Gasteiger partial charge in [-0.15, -0.1) is 0 Å². The SMILES string of the molecule is Cc1noc(COCC(=O)N2CCCc3c(Cl)ccc(F)c32)n1. The predicted molar refractivity (Wildman–Crippen MR) is 80.8 cm³/mol. The molecule has 1 aromatic carbocycles. The van der Waals surface area contributed by atoms with Crippen molar-refractivity contribution in [2.45, 2.75) is 26.4 Å². The Labute approximate surface area is 137 Å². The van der Waals surface area contributed by atoms with E-state index in [1.54, 1.807) is 6.92 Å². The topological polar surface area (TPSA) is 68.5 Å². The Morgan fingerprint density at radius 3 is 3.09 bits per heavy atom. The molecule has 0 saturated carbocycles. The summed E-state index contributed by atoms with van der Waals surface area (Å²) in [5.41, 5.74) is 0.921. The maximum absolute atomic E-state index is 14.1. The number of aryl methyl sites for hydroxylation is 1. The van der Waals surface area contributed by atoms with Gasteiger partial charge in [0.1, 0.15) is 19.0 Å². The van der Waals surface area contributed by atoms with Gasteiger partial charge in [0.05, 0.1) is 5.69 Å². The summed E-state index contributed by atoms with van der Waals surface area (Å²) in [6.07, 6.45) is 1.38. The van der Waals surface area contributed by atoms with Gasteiger partial charge in [0, 0.05) is 11.6 Å². The number of fused-ring (bicyclic) bond motifs is 1. The molecular formula is C15H15ClFN3O3. The second-order valence-corrected chi connectivity index (χ2v) is 5.64. The van der Waals surface area contributed by atoms with Crippen LogP contribution in [0.3, 0.4) is 0 Å². The lowest BCUT2D eigenvalue weighted by Crippen LogP contribution is -2.38. The fraction of sp³-hybridized carbons (Fsp3) is 0.400. The van der Waals surface area contributed by atoms with Crippen molar-refractivity contribution in [2.24, 2.45) is 0 Å². The summed E-state index contributed by atoms with van der Waals surface area (Å²) in [4.78, 5) is 17.7. The van der Waals surface area contributed by atoms with Crippen molar-refractivity contribution in [3.63, 3.8) is 0 Å². The number of carbonyl (C=O) groups is 1. The van der Waals surface area contributed by atoms with E-state index in [1.165, 1.54) is 17.0 Å². The average Bonchev–Trinajstić information content (AvgIpc) is 2.96. The number of hydrogen-bond acceptors (Lipinski definition) is 5. The van der Waals surface area contributed by atoms with Crippen molar-refractivity contribution in [1.82, 2.24) is 10.1 Å². The molecule has 0 radical (unpaired) electrons. The molecule has 1 aliphatic rings. The first-order valence-electron chi connectivity index (χ1n) is 7.20. The van der Waals surface area contributed by atoms with Crippen LogP contribution < -0.4 is 4.90 Å². The number of ether oxygens (including phenoxy) is 1. The third kappa shape index (κ3) is 3.35. The Hall–Kier alpha value is -1.99. The molecule has 0 unspecified atom stereocenters. The van der Waals surface area contributed by atoms with Crippen LogP contribution in [0.5, 0.6) is 0 Å². The molecule has 2 heterocycles. The Morgan fingerprint density at radius 1 is 1.52 bits per heavy atom. The predicted octanol–water partition coefficient (Wildman–Crippen LogP) is 2.67. The fourth-order valence-corrected chi connectivity index (χ4v) is 2.84. The number of rotatable bonds is 4. The van der Waals surface area contributed by atoms with Crippen LogP contribution in [0.4, 0.5) is 10.1 Å². The zero-order valence-corrected chi connectivity index (χ0v) is 13.3. The van der Waals surface area contributed by atoms with Crippen molar-refractivity contribution in [2.75, 3.05) is 18.1 Å². The van der Waals surface area contributed by atoms with Gasteiger partial charge in [-0.25, -0.2) is 4.39 Å². The Bertz CT molecular complexity index is 735. The lowest BCUT2D eigenvalue weighted by Gasteiger charge is -2.30. The number of halogens is 2. The number of nitrogens with zero attached hydrogens (tertiary/aromatic N) is 3. The lowest BCUT2D eigenvalue weighted by molar-refractivity contribution is -0.123. The van der Waals surface area contributed by atoms with E-state index in [-0.39, 0.29) is 24.8 Å². The molecular weight excluding hydrogens is 325 g/mol. The molecule has 1 aromatic heterocycles. The van der Waals surface area contributed by atoms with Crippen LogP contribution in [0.1, 0.15) is 23.7 Å². The number of carbonyl (C=O) groups excluding carboxylic acids is 1. The summed E-state index contributed by atoms with van der Waals surface area (Å²) in [6, 6.07) is 2.78. The first kappa shape index (κ1) is 15.9. The molecule has 23 heavy (non-hydrogen) atoms. The van der Waals surface area contributed by atoms with Crippen LogP contribution in [-0.4, -0.2) is 29.2 Å². The number of amides is 1. The first-order chi connectivity index (χ1) is 11.1. The summed E-state index contributed by atoms with van der Waals surface area (Å²) in [7, 11) is 0. The smallest absolute Gasteiger partial charge is 0.253 e. The summed E-state index contributed by atoms with van der Waals surface area (Å²) in [5.74, 6) is 0.00787. The van der Waals surface area contributed by atoms with E-state index >= 15 is 0 Å². The average molecular weight is 340 g/mol. The highest BCUT2D eigenvalue weighted by atomic mass is 35.5. The minimum Gasteiger partial charge on any atom is -0.362 e. The quantitative estimate of drug-likeness (QED) is 0.856. The molecule has 3 rings (SSSR count). The molecule has 0 aliphatic carbocycles. The van der Waals surface area contributed by atoms with Crippen LogP contribution >= 0.6 is 11.6 Å². The third-order valence-corrected chi connectivity index (χ3v) is 3.93. The lowest BCUT2D eigenvalue weighted by atomic mass is 10.0. The summed E-state index contributed by atoms with van der Waals surface area (Å²) < 4.78 is 24.3. The molecule has 1 amide bonds. The molecule has 6 nitrogen and oxygen atoms in total. The van der Waals surface area contributed by atoms with Gasteiger partial charge in [0.25, 0.3) is 11.8 Å². The highest BCUT2D eigenvalue weighted by molar-refractivity contribution is 6.32. The van der Waals surface area contributed by atoms with Gasteiger partial charge in [0.15, 0.2) is 5.82 Å². The molecule has 122 valence electrons. The number of hydrogen-bond donors (Lipinski definition) is 0. The van der Waals surface area contributed by atoms with Crippen LogP contribution in [0.15, 0.2) is 16.7 Å². The third-order valence-electron chi connectivity index (χ3n) is 3.58. The zero-order chi connectivity index (χ0) is 16.4. The monoisotopic (exact) mass is 339 g/mol. The molecule has 0 fully saturated rings. The molecule has 0 N–H and O–H groups in total. The van der Waals surface area contributed by atoms with Crippen molar-refractivity contribution in [3.8, 4) is 0 Å². The van der Waals surface area contributed by atoms with E-state index in [0.29, 0.717) is 35.3 Å². The summed E-state index contributed by atoms with van der Waals surface area (Å²) in [6.45, 7) is 1.96. The van der Waals surface area contributed by atoms with Gasteiger partial charge in [0.2, 0.25) is 0 Å².